The highest BCUT2D eigenvalue weighted by Gasteiger charge is 2.51. The van der Waals surface area contributed by atoms with Crippen LogP contribution in [0.15, 0.2) is 0 Å². The molecule has 0 aromatic rings. The zero-order valence-corrected chi connectivity index (χ0v) is 12.6. The average Bonchev–Trinajstić information content (AvgIpc) is 2.23. The van der Waals surface area contributed by atoms with Crippen LogP contribution in [0.1, 0.15) is 44.9 Å². The van der Waals surface area contributed by atoms with Crippen LogP contribution < -0.4 is 5.73 Å². The van der Waals surface area contributed by atoms with Gasteiger partial charge in [-0.2, -0.15) is 8.42 Å². The summed E-state index contributed by atoms with van der Waals surface area (Å²) < 4.78 is 30.5. The molecule has 6 heteroatoms. The van der Waals surface area contributed by atoms with Crippen molar-refractivity contribution in [2.75, 3.05) is 5.75 Å². The number of hydrogen-bond acceptors (Lipinski definition) is 4. The topological polar surface area (TPSA) is 101 Å². The Morgan fingerprint density at radius 2 is 1.55 bits per heavy atom. The largest absolute Gasteiger partial charge is 0.390 e. The Bertz CT molecular complexity index is 440. The van der Waals surface area contributed by atoms with Crippen LogP contribution in [0, 0.1) is 23.2 Å². The first-order valence-corrected chi connectivity index (χ1v) is 9.24. The normalized spacial score (nSPS) is 42.6. The van der Waals surface area contributed by atoms with Gasteiger partial charge in [-0.3, -0.25) is 4.55 Å². The number of aliphatic hydroxyl groups is 1. The Morgan fingerprint density at radius 3 is 1.95 bits per heavy atom. The minimum atomic E-state index is -4.16. The molecule has 4 bridgehead atoms. The van der Waals surface area contributed by atoms with E-state index >= 15 is 0 Å². The van der Waals surface area contributed by atoms with Crippen LogP contribution in [0.2, 0.25) is 0 Å². The fourth-order valence-corrected chi connectivity index (χ4v) is 6.19. The second kappa shape index (κ2) is 4.93. The van der Waals surface area contributed by atoms with E-state index in [1.165, 1.54) is 38.5 Å². The zero-order chi connectivity index (χ0) is 14.5. The van der Waals surface area contributed by atoms with Crippen molar-refractivity contribution in [3.63, 3.8) is 0 Å². The van der Waals surface area contributed by atoms with Crippen LogP contribution in [-0.4, -0.2) is 36.0 Å². The van der Waals surface area contributed by atoms with E-state index in [-0.39, 0.29) is 5.41 Å². The smallest absolute Gasteiger partial charge is 0.267 e. The summed E-state index contributed by atoms with van der Waals surface area (Å²) >= 11 is 0. The lowest BCUT2D eigenvalue weighted by Gasteiger charge is -2.57. The average molecular weight is 303 g/mol. The fourth-order valence-electron chi connectivity index (χ4n) is 5.52. The zero-order valence-electron chi connectivity index (χ0n) is 11.7. The van der Waals surface area contributed by atoms with Crippen LogP contribution in [0.4, 0.5) is 0 Å². The first-order chi connectivity index (χ1) is 9.25. The molecule has 4 fully saturated rings. The second-order valence-corrected chi connectivity index (χ2v) is 9.10. The number of aliphatic hydroxyl groups excluding tert-OH is 1. The molecule has 0 spiro atoms. The number of rotatable bonds is 5. The Hall–Kier alpha value is -0.170. The summed E-state index contributed by atoms with van der Waals surface area (Å²) in [5.41, 5.74) is 6.24. The van der Waals surface area contributed by atoms with E-state index in [1.54, 1.807) is 0 Å². The van der Waals surface area contributed by atoms with E-state index in [0.717, 1.165) is 17.8 Å². The fraction of sp³-hybridized carbons (Fsp3) is 1.00. The quantitative estimate of drug-likeness (QED) is 0.662. The molecule has 4 aliphatic rings. The van der Waals surface area contributed by atoms with Gasteiger partial charge in [0.1, 0.15) is 5.75 Å². The van der Waals surface area contributed by atoms with Crippen LogP contribution in [0.5, 0.6) is 0 Å². The molecule has 116 valence electrons. The highest BCUT2D eigenvalue weighted by molar-refractivity contribution is 7.85. The van der Waals surface area contributed by atoms with Crippen molar-refractivity contribution in [1.82, 2.24) is 0 Å². The highest BCUT2D eigenvalue weighted by atomic mass is 32.2. The molecule has 0 unspecified atom stereocenters. The van der Waals surface area contributed by atoms with E-state index in [9.17, 15) is 13.5 Å². The van der Waals surface area contributed by atoms with Crippen molar-refractivity contribution in [2.45, 2.75) is 57.1 Å². The van der Waals surface area contributed by atoms with Crippen molar-refractivity contribution in [1.29, 1.82) is 0 Å². The molecule has 2 atom stereocenters. The summed E-state index contributed by atoms with van der Waals surface area (Å²) in [6, 6.07) is -0.562. The Balaban J connectivity index is 1.65. The van der Waals surface area contributed by atoms with Gasteiger partial charge in [-0.1, -0.05) is 0 Å². The van der Waals surface area contributed by atoms with E-state index in [4.69, 9.17) is 10.3 Å². The van der Waals surface area contributed by atoms with Gasteiger partial charge >= 0.3 is 0 Å². The summed E-state index contributed by atoms with van der Waals surface area (Å²) in [5.74, 6) is 1.78. The molecule has 0 aromatic heterocycles. The molecular formula is C14H25NO4S. The Labute approximate surface area is 120 Å². The minimum absolute atomic E-state index is 0.217. The van der Waals surface area contributed by atoms with Crippen molar-refractivity contribution < 1.29 is 18.1 Å². The van der Waals surface area contributed by atoms with Crippen molar-refractivity contribution >= 4 is 10.1 Å². The van der Waals surface area contributed by atoms with Crippen molar-refractivity contribution in [3.8, 4) is 0 Å². The van der Waals surface area contributed by atoms with Gasteiger partial charge in [-0.25, -0.2) is 0 Å². The summed E-state index contributed by atoms with van der Waals surface area (Å²) in [7, 11) is -4.16. The van der Waals surface area contributed by atoms with E-state index in [2.05, 4.69) is 0 Å². The summed E-state index contributed by atoms with van der Waals surface area (Å²) in [6.45, 7) is 0. The molecule has 4 saturated carbocycles. The highest BCUT2D eigenvalue weighted by Crippen LogP contribution is 2.61. The predicted molar refractivity (Wildman–Crippen MR) is 75.6 cm³/mol. The molecule has 20 heavy (non-hydrogen) atoms. The first kappa shape index (κ1) is 14.8. The summed E-state index contributed by atoms with van der Waals surface area (Å²) in [5, 5.41) is 9.89. The monoisotopic (exact) mass is 303 g/mol. The SMILES string of the molecule is N[C@@H](CC12CC3CC(CC(C3)C1)C2)[C@@H](O)CS(=O)(=O)O. The van der Waals surface area contributed by atoms with Gasteiger partial charge in [-0.05, 0) is 68.1 Å². The third-order valence-electron chi connectivity index (χ3n) is 5.71. The summed E-state index contributed by atoms with van der Waals surface area (Å²) in [4.78, 5) is 0. The van der Waals surface area contributed by atoms with E-state index in [0.29, 0.717) is 6.42 Å². The summed E-state index contributed by atoms with van der Waals surface area (Å²) in [6.07, 6.45) is 7.12. The van der Waals surface area contributed by atoms with Crippen LogP contribution >= 0.6 is 0 Å². The molecule has 4 aliphatic carbocycles. The van der Waals surface area contributed by atoms with Crippen LogP contribution in [0.25, 0.3) is 0 Å². The van der Waals surface area contributed by atoms with Gasteiger partial charge in [0.25, 0.3) is 10.1 Å². The van der Waals surface area contributed by atoms with Gasteiger partial charge in [0.2, 0.25) is 0 Å². The molecule has 5 nitrogen and oxygen atoms in total. The molecule has 0 aromatic carbocycles. The van der Waals surface area contributed by atoms with Gasteiger partial charge in [0.05, 0.1) is 6.10 Å². The van der Waals surface area contributed by atoms with Crippen molar-refractivity contribution in [2.24, 2.45) is 28.9 Å². The minimum Gasteiger partial charge on any atom is -0.390 e. The number of nitrogens with two attached hydrogens (primary N) is 1. The lowest BCUT2D eigenvalue weighted by Crippen LogP contribution is -2.51. The van der Waals surface area contributed by atoms with Crippen LogP contribution in [0.3, 0.4) is 0 Å². The number of hydrogen-bond donors (Lipinski definition) is 3. The van der Waals surface area contributed by atoms with E-state index in [1.807, 2.05) is 0 Å². The maximum atomic E-state index is 10.9. The Morgan fingerprint density at radius 1 is 1.10 bits per heavy atom. The predicted octanol–water partition coefficient (Wildman–Crippen LogP) is 1.17. The van der Waals surface area contributed by atoms with Gasteiger partial charge in [-0.15, -0.1) is 0 Å². The van der Waals surface area contributed by atoms with Gasteiger partial charge in [0.15, 0.2) is 0 Å². The maximum Gasteiger partial charge on any atom is 0.267 e. The molecule has 0 saturated heterocycles. The van der Waals surface area contributed by atoms with Gasteiger partial charge in [0, 0.05) is 6.04 Å². The molecule has 4 rings (SSSR count). The second-order valence-electron chi connectivity index (χ2n) is 7.60. The lowest BCUT2D eigenvalue weighted by molar-refractivity contribution is -0.0656. The molecule has 0 aliphatic heterocycles. The van der Waals surface area contributed by atoms with Crippen molar-refractivity contribution in [3.05, 3.63) is 0 Å². The standard InChI is InChI=1S/C14H25NO4S/c15-12(13(16)8-20(17,18)19)7-14-4-9-1-10(5-14)3-11(2-9)6-14/h9-13,16H,1-8,15H2,(H,17,18,19)/t9?,10?,11?,12-,13-,14?/m0/s1. The first-order valence-electron chi connectivity index (χ1n) is 7.63. The third-order valence-corrected chi connectivity index (χ3v) is 6.47. The lowest BCUT2D eigenvalue weighted by atomic mass is 9.48. The van der Waals surface area contributed by atoms with E-state index < -0.39 is 28.0 Å². The molecular weight excluding hydrogens is 278 g/mol. The molecule has 4 N–H and O–H groups in total. The maximum absolute atomic E-state index is 10.9. The molecule has 0 amide bonds. The molecule has 0 radical (unpaired) electrons. The molecule has 0 heterocycles. The third kappa shape index (κ3) is 3.03. The van der Waals surface area contributed by atoms with Gasteiger partial charge < -0.3 is 10.8 Å². The Kier molecular flexibility index (Phi) is 3.64. The van der Waals surface area contributed by atoms with Crippen LogP contribution in [-0.2, 0) is 10.1 Å².